The molecule has 9 heteroatoms. The summed E-state index contributed by atoms with van der Waals surface area (Å²) in [6, 6.07) is 5.27. The van der Waals surface area contributed by atoms with Crippen LogP contribution < -0.4 is 10.1 Å². The molecule has 1 aromatic carbocycles. The van der Waals surface area contributed by atoms with Crippen LogP contribution in [0.15, 0.2) is 43.1 Å². The average Bonchev–Trinajstić information content (AvgIpc) is 3.57. The molecule has 0 atom stereocenters. The first-order valence-electron chi connectivity index (χ1n) is 11.6. The van der Waals surface area contributed by atoms with Crippen molar-refractivity contribution in [2.75, 3.05) is 11.9 Å². The quantitative estimate of drug-likeness (QED) is 0.418. The zero-order chi connectivity index (χ0) is 23.7. The Kier molecular flexibility index (Phi) is 4.24. The normalized spacial score (nSPS) is 13.6. The van der Waals surface area contributed by atoms with Crippen LogP contribution in [0.3, 0.4) is 0 Å². The van der Waals surface area contributed by atoms with Gasteiger partial charge in [-0.15, -0.1) is 0 Å². The molecule has 4 aromatic heterocycles. The second-order valence-electron chi connectivity index (χ2n) is 9.05. The van der Waals surface area contributed by atoms with Crippen molar-refractivity contribution in [3.8, 4) is 28.4 Å². The van der Waals surface area contributed by atoms with Crippen molar-refractivity contribution in [2.24, 2.45) is 0 Å². The number of halogens is 1. The van der Waals surface area contributed by atoms with Gasteiger partial charge in [0, 0.05) is 65.2 Å². The van der Waals surface area contributed by atoms with Gasteiger partial charge in [-0.05, 0) is 37.6 Å². The average molecular weight is 468 g/mol. The predicted octanol–water partition coefficient (Wildman–Crippen LogP) is 4.32. The first kappa shape index (κ1) is 20.1. The minimum absolute atomic E-state index is 0.247. The summed E-state index contributed by atoms with van der Waals surface area (Å²) in [5.74, 6) is 1.90. The molecule has 0 saturated heterocycles. The number of aryl methyl sites for hydroxylation is 2. The highest BCUT2D eigenvalue weighted by Crippen LogP contribution is 2.38. The monoisotopic (exact) mass is 467 g/mol. The van der Waals surface area contributed by atoms with Gasteiger partial charge in [0.15, 0.2) is 5.82 Å². The van der Waals surface area contributed by atoms with Crippen molar-refractivity contribution in [3.05, 3.63) is 77.0 Å². The van der Waals surface area contributed by atoms with E-state index in [9.17, 15) is 4.39 Å². The largest absolute Gasteiger partial charge is 0.493 e. The lowest BCUT2D eigenvalue weighted by molar-refractivity contribution is 0.356. The Morgan fingerprint density at radius 3 is 2.86 bits per heavy atom. The van der Waals surface area contributed by atoms with Crippen LogP contribution >= 0.6 is 0 Å². The highest BCUT2D eigenvalue weighted by molar-refractivity contribution is 5.92. The number of ether oxygens (including phenoxy) is 1. The molecule has 6 heterocycles. The highest BCUT2D eigenvalue weighted by Gasteiger charge is 2.25. The zero-order valence-corrected chi connectivity index (χ0v) is 19.3. The van der Waals surface area contributed by atoms with Crippen LogP contribution in [0.1, 0.15) is 28.1 Å². The van der Waals surface area contributed by atoms with Gasteiger partial charge in [-0.2, -0.15) is 0 Å². The molecular formula is C26H22FN7O. The molecule has 2 aliphatic rings. The van der Waals surface area contributed by atoms with E-state index in [1.54, 1.807) is 12.4 Å². The fraction of sp³-hybridized carbons (Fsp3) is 0.231. The molecule has 7 rings (SSSR count). The lowest BCUT2D eigenvalue weighted by Gasteiger charge is -2.19. The van der Waals surface area contributed by atoms with E-state index in [0.717, 1.165) is 56.4 Å². The number of fused-ring (bicyclic) bond motifs is 5. The third-order valence-corrected chi connectivity index (χ3v) is 6.94. The summed E-state index contributed by atoms with van der Waals surface area (Å²) < 4.78 is 24.4. The number of imidazole rings is 2. The first-order chi connectivity index (χ1) is 17.1. The lowest BCUT2D eigenvalue weighted by atomic mass is 9.99. The standard InChI is InChI=1S/C26H22FN7O/c1-14-7-16-12-33-15(2)8-29-25(33)23-24-20(18(16)9-28-14)11-31-26(34(24)13-32-23)30-10-19-17-5-6-35-22(17)4-3-21(19)27/h3-4,7-9,11,13H,5-6,10,12H2,1-2H3,(H,30,31). The van der Waals surface area contributed by atoms with Crippen LogP contribution in [-0.2, 0) is 19.5 Å². The Labute approximate surface area is 200 Å². The van der Waals surface area contributed by atoms with E-state index in [-0.39, 0.29) is 5.82 Å². The van der Waals surface area contributed by atoms with Gasteiger partial charge in [-0.3, -0.25) is 9.38 Å². The molecule has 5 aromatic rings. The zero-order valence-electron chi connectivity index (χ0n) is 19.3. The van der Waals surface area contributed by atoms with Gasteiger partial charge in [0.1, 0.15) is 23.6 Å². The third-order valence-electron chi connectivity index (χ3n) is 6.94. The van der Waals surface area contributed by atoms with Crippen LogP contribution in [0.2, 0.25) is 0 Å². The Bertz CT molecular complexity index is 1650. The van der Waals surface area contributed by atoms with Gasteiger partial charge in [0.05, 0.1) is 18.7 Å². The Balaban J connectivity index is 1.39. The molecule has 0 radical (unpaired) electrons. The number of rotatable bonds is 3. The Morgan fingerprint density at radius 1 is 1.06 bits per heavy atom. The molecule has 0 amide bonds. The summed E-state index contributed by atoms with van der Waals surface area (Å²) >= 11 is 0. The number of benzene rings is 1. The number of nitrogens with zero attached hydrogens (tertiary/aromatic N) is 6. The summed E-state index contributed by atoms with van der Waals surface area (Å²) in [5.41, 5.74) is 8.33. The second-order valence-corrected chi connectivity index (χ2v) is 9.05. The molecule has 2 aliphatic heterocycles. The number of hydrogen-bond donors (Lipinski definition) is 1. The minimum Gasteiger partial charge on any atom is -0.493 e. The number of hydrogen-bond acceptors (Lipinski definition) is 6. The smallest absolute Gasteiger partial charge is 0.208 e. The van der Waals surface area contributed by atoms with E-state index in [2.05, 4.69) is 27.9 Å². The molecule has 35 heavy (non-hydrogen) atoms. The summed E-state index contributed by atoms with van der Waals surface area (Å²) in [5, 5.41) is 3.33. The van der Waals surface area contributed by atoms with Crippen LogP contribution in [0.4, 0.5) is 10.3 Å². The van der Waals surface area contributed by atoms with E-state index in [1.807, 2.05) is 29.9 Å². The molecule has 1 N–H and O–H groups in total. The Hall–Kier alpha value is -4.27. The van der Waals surface area contributed by atoms with E-state index in [1.165, 1.54) is 6.07 Å². The summed E-state index contributed by atoms with van der Waals surface area (Å²) in [6.07, 6.45) is 8.08. The summed E-state index contributed by atoms with van der Waals surface area (Å²) in [4.78, 5) is 18.7. The van der Waals surface area contributed by atoms with Gasteiger partial charge in [0.2, 0.25) is 5.95 Å². The van der Waals surface area contributed by atoms with Crippen molar-refractivity contribution < 1.29 is 9.13 Å². The minimum atomic E-state index is -0.247. The number of anilines is 1. The predicted molar refractivity (Wildman–Crippen MR) is 129 cm³/mol. The van der Waals surface area contributed by atoms with Crippen LogP contribution in [-0.4, -0.2) is 35.5 Å². The fourth-order valence-electron chi connectivity index (χ4n) is 5.19. The number of nitrogens with one attached hydrogen (secondary N) is 1. The molecule has 0 unspecified atom stereocenters. The first-order valence-corrected chi connectivity index (χ1v) is 11.6. The molecule has 174 valence electrons. The molecule has 0 aliphatic carbocycles. The van der Waals surface area contributed by atoms with Gasteiger partial charge >= 0.3 is 0 Å². The highest BCUT2D eigenvalue weighted by atomic mass is 19.1. The van der Waals surface area contributed by atoms with E-state index < -0.39 is 0 Å². The summed E-state index contributed by atoms with van der Waals surface area (Å²) in [6.45, 7) is 5.59. The second kappa shape index (κ2) is 7.36. The molecule has 0 spiro atoms. The van der Waals surface area contributed by atoms with Gasteiger partial charge in [-0.25, -0.2) is 19.3 Å². The fourth-order valence-corrected chi connectivity index (χ4v) is 5.19. The maximum atomic E-state index is 14.7. The van der Waals surface area contributed by atoms with Crippen molar-refractivity contribution in [3.63, 3.8) is 0 Å². The SMILES string of the molecule is Cc1cc2c(cn1)-c1cnc(NCc3c(F)ccc4c3CCO4)n3cnc(c13)-c1ncc(C)n1C2. The molecule has 0 bridgehead atoms. The van der Waals surface area contributed by atoms with Gasteiger partial charge < -0.3 is 14.6 Å². The molecule has 8 nitrogen and oxygen atoms in total. The number of pyridine rings is 1. The molecule has 0 fully saturated rings. The maximum Gasteiger partial charge on any atom is 0.208 e. The molecule has 0 saturated carbocycles. The maximum absolute atomic E-state index is 14.7. The van der Waals surface area contributed by atoms with E-state index >= 15 is 0 Å². The van der Waals surface area contributed by atoms with Crippen molar-refractivity contribution in [2.45, 2.75) is 33.4 Å². The lowest BCUT2D eigenvalue weighted by Crippen LogP contribution is -2.12. The third kappa shape index (κ3) is 2.97. The van der Waals surface area contributed by atoms with Crippen molar-refractivity contribution in [1.29, 1.82) is 0 Å². The van der Waals surface area contributed by atoms with Crippen LogP contribution in [0.5, 0.6) is 5.75 Å². The van der Waals surface area contributed by atoms with Gasteiger partial charge in [-0.1, -0.05) is 0 Å². The number of aromatic nitrogens is 6. The van der Waals surface area contributed by atoms with E-state index in [0.29, 0.717) is 37.6 Å². The van der Waals surface area contributed by atoms with Crippen molar-refractivity contribution in [1.82, 2.24) is 28.9 Å². The van der Waals surface area contributed by atoms with Crippen LogP contribution in [0, 0.1) is 19.7 Å². The Morgan fingerprint density at radius 2 is 1.94 bits per heavy atom. The van der Waals surface area contributed by atoms with Crippen LogP contribution in [0.25, 0.3) is 28.2 Å². The van der Waals surface area contributed by atoms with E-state index in [4.69, 9.17) is 19.7 Å². The molecular weight excluding hydrogens is 445 g/mol. The van der Waals surface area contributed by atoms with Crippen molar-refractivity contribution >= 4 is 11.5 Å². The topological polar surface area (TPSA) is 82.2 Å². The summed E-state index contributed by atoms with van der Waals surface area (Å²) in [7, 11) is 0. The van der Waals surface area contributed by atoms with Gasteiger partial charge in [0.25, 0.3) is 0 Å².